The molecule has 1 fully saturated rings. The van der Waals surface area contributed by atoms with E-state index in [0.29, 0.717) is 13.0 Å². The Hall–Kier alpha value is -1.46. The van der Waals surface area contributed by atoms with Crippen LogP contribution in [0.3, 0.4) is 0 Å². The standard InChI is InChI=1S/C17H26N2O3.ClH/c1-17(2)12-19(10-8-15(17)18)16(20)9-11-22-14-6-4-13(21-3)5-7-14;/h4-7,15H,8-12,18H2,1-3H3;1H. The van der Waals surface area contributed by atoms with Crippen LogP contribution in [0.2, 0.25) is 0 Å². The minimum atomic E-state index is -0.0231. The fraction of sp³-hybridized carbons (Fsp3) is 0.588. The maximum absolute atomic E-state index is 12.3. The number of benzene rings is 1. The van der Waals surface area contributed by atoms with Crippen molar-refractivity contribution in [3.63, 3.8) is 0 Å². The van der Waals surface area contributed by atoms with E-state index >= 15 is 0 Å². The van der Waals surface area contributed by atoms with E-state index in [2.05, 4.69) is 13.8 Å². The number of carbonyl (C=O) groups excluding carboxylic acids is 1. The molecule has 0 aliphatic carbocycles. The van der Waals surface area contributed by atoms with Gasteiger partial charge in [-0.2, -0.15) is 0 Å². The highest BCUT2D eigenvalue weighted by Crippen LogP contribution is 2.28. The van der Waals surface area contributed by atoms with Crippen molar-refractivity contribution < 1.29 is 14.3 Å². The molecular weight excluding hydrogens is 316 g/mol. The van der Waals surface area contributed by atoms with Crippen molar-refractivity contribution in [2.75, 3.05) is 26.8 Å². The van der Waals surface area contributed by atoms with E-state index in [-0.39, 0.29) is 29.8 Å². The van der Waals surface area contributed by atoms with Crippen molar-refractivity contribution in [2.24, 2.45) is 11.1 Å². The number of amides is 1. The zero-order valence-electron chi connectivity index (χ0n) is 14.1. The number of hydrogen-bond donors (Lipinski definition) is 1. The topological polar surface area (TPSA) is 64.8 Å². The van der Waals surface area contributed by atoms with E-state index in [1.54, 1.807) is 7.11 Å². The predicted molar refractivity (Wildman–Crippen MR) is 93.3 cm³/mol. The molecule has 1 aliphatic heterocycles. The molecule has 5 nitrogen and oxygen atoms in total. The molecule has 1 amide bonds. The lowest BCUT2D eigenvalue weighted by Gasteiger charge is -2.42. The van der Waals surface area contributed by atoms with Gasteiger partial charge in [-0.25, -0.2) is 0 Å². The van der Waals surface area contributed by atoms with E-state index in [1.165, 1.54) is 0 Å². The quantitative estimate of drug-likeness (QED) is 0.892. The highest BCUT2D eigenvalue weighted by Gasteiger charge is 2.35. The third-order valence-corrected chi connectivity index (χ3v) is 4.31. The van der Waals surface area contributed by atoms with Crippen LogP contribution < -0.4 is 15.2 Å². The third kappa shape index (κ3) is 5.29. The van der Waals surface area contributed by atoms with Gasteiger partial charge in [0.25, 0.3) is 0 Å². The lowest BCUT2D eigenvalue weighted by atomic mass is 9.79. The summed E-state index contributed by atoms with van der Waals surface area (Å²) in [5.41, 5.74) is 6.08. The van der Waals surface area contributed by atoms with E-state index in [9.17, 15) is 4.79 Å². The molecule has 1 aromatic rings. The Kier molecular flexibility index (Phi) is 7.16. The van der Waals surface area contributed by atoms with Crippen LogP contribution in [0.25, 0.3) is 0 Å². The molecule has 23 heavy (non-hydrogen) atoms. The van der Waals surface area contributed by atoms with E-state index in [4.69, 9.17) is 15.2 Å². The Morgan fingerprint density at radius 1 is 1.30 bits per heavy atom. The first-order valence-electron chi connectivity index (χ1n) is 7.72. The maximum atomic E-state index is 12.3. The number of rotatable bonds is 5. The number of piperidine rings is 1. The summed E-state index contributed by atoms with van der Waals surface area (Å²) >= 11 is 0. The Morgan fingerprint density at radius 3 is 2.48 bits per heavy atom. The molecule has 1 aliphatic rings. The predicted octanol–water partition coefficient (Wildman–Crippen LogP) is 2.47. The van der Waals surface area contributed by atoms with Gasteiger partial charge in [0.2, 0.25) is 5.91 Å². The van der Waals surface area contributed by atoms with Gasteiger partial charge in [0.15, 0.2) is 0 Å². The zero-order valence-corrected chi connectivity index (χ0v) is 14.9. The molecule has 1 atom stereocenters. The van der Waals surface area contributed by atoms with Gasteiger partial charge in [0.05, 0.1) is 20.1 Å². The van der Waals surface area contributed by atoms with E-state index in [0.717, 1.165) is 31.0 Å². The summed E-state index contributed by atoms with van der Waals surface area (Å²) in [6.45, 7) is 6.07. The molecule has 1 heterocycles. The molecule has 0 aromatic heterocycles. The van der Waals surface area contributed by atoms with Crippen LogP contribution >= 0.6 is 12.4 Å². The second-order valence-corrected chi connectivity index (χ2v) is 6.47. The summed E-state index contributed by atoms with van der Waals surface area (Å²) in [6.07, 6.45) is 1.25. The fourth-order valence-electron chi connectivity index (χ4n) is 2.67. The molecule has 0 spiro atoms. The van der Waals surface area contributed by atoms with Crippen LogP contribution in [0.15, 0.2) is 24.3 Å². The minimum absolute atomic E-state index is 0. The van der Waals surface area contributed by atoms with Gasteiger partial charge in [0.1, 0.15) is 11.5 Å². The van der Waals surface area contributed by atoms with Gasteiger partial charge in [0, 0.05) is 19.1 Å². The van der Waals surface area contributed by atoms with Crippen molar-refractivity contribution >= 4 is 18.3 Å². The largest absolute Gasteiger partial charge is 0.497 e. The molecule has 1 aromatic carbocycles. The Bertz CT molecular complexity index is 505. The van der Waals surface area contributed by atoms with Crippen molar-refractivity contribution in [3.05, 3.63) is 24.3 Å². The molecule has 6 heteroatoms. The first kappa shape index (κ1) is 19.6. The molecule has 0 radical (unpaired) electrons. The minimum Gasteiger partial charge on any atom is -0.497 e. The van der Waals surface area contributed by atoms with Crippen LogP contribution in [0.1, 0.15) is 26.7 Å². The number of nitrogens with two attached hydrogens (primary N) is 1. The molecule has 0 saturated carbocycles. The average molecular weight is 343 g/mol. The number of methoxy groups -OCH3 is 1. The number of hydrogen-bond acceptors (Lipinski definition) is 4. The van der Waals surface area contributed by atoms with Crippen LogP contribution in [0.4, 0.5) is 0 Å². The van der Waals surface area contributed by atoms with Crippen molar-refractivity contribution in [2.45, 2.75) is 32.7 Å². The van der Waals surface area contributed by atoms with Crippen molar-refractivity contribution in [1.29, 1.82) is 0 Å². The fourth-order valence-corrected chi connectivity index (χ4v) is 2.67. The second kappa shape index (κ2) is 8.41. The highest BCUT2D eigenvalue weighted by atomic mass is 35.5. The molecule has 2 rings (SSSR count). The lowest BCUT2D eigenvalue weighted by molar-refractivity contribution is -0.135. The summed E-state index contributed by atoms with van der Waals surface area (Å²) in [4.78, 5) is 14.2. The van der Waals surface area contributed by atoms with Crippen molar-refractivity contribution in [1.82, 2.24) is 4.90 Å². The molecule has 0 bridgehead atoms. The molecular formula is C17H27ClN2O3. The van der Waals surface area contributed by atoms with E-state index in [1.807, 2.05) is 29.2 Å². The van der Waals surface area contributed by atoms with Crippen LogP contribution in [0.5, 0.6) is 11.5 Å². The van der Waals surface area contributed by atoms with E-state index < -0.39 is 0 Å². The first-order chi connectivity index (χ1) is 10.4. The van der Waals surface area contributed by atoms with Gasteiger partial charge in [-0.1, -0.05) is 13.8 Å². The summed E-state index contributed by atoms with van der Waals surface area (Å²) in [5, 5.41) is 0. The van der Waals surface area contributed by atoms with Gasteiger partial charge >= 0.3 is 0 Å². The summed E-state index contributed by atoms with van der Waals surface area (Å²) in [7, 11) is 1.63. The Balaban J connectivity index is 0.00000264. The van der Waals surface area contributed by atoms with Gasteiger partial charge < -0.3 is 20.1 Å². The smallest absolute Gasteiger partial charge is 0.226 e. The number of carbonyl (C=O) groups is 1. The molecule has 1 unspecified atom stereocenters. The normalized spacial score (nSPS) is 19.7. The summed E-state index contributed by atoms with van der Waals surface area (Å²) in [5.74, 6) is 1.67. The number of halogens is 1. The molecule has 1 saturated heterocycles. The Labute approximate surface area is 144 Å². The third-order valence-electron chi connectivity index (χ3n) is 4.31. The lowest BCUT2D eigenvalue weighted by Crippen LogP contribution is -2.54. The van der Waals surface area contributed by atoms with Crippen molar-refractivity contribution in [3.8, 4) is 11.5 Å². The van der Waals surface area contributed by atoms with Gasteiger partial charge in [-0.05, 0) is 36.1 Å². The summed E-state index contributed by atoms with van der Waals surface area (Å²) < 4.78 is 10.7. The molecule has 2 N–H and O–H groups in total. The monoisotopic (exact) mass is 342 g/mol. The second-order valence-electron chi connectivity index (χ2n) is 6.47. The highest BCUT2D eigenvalue weighted by molar-refractivity contribution is 5.85. The zero-order chi connectivity index (χ0) is 16.2. The number of likely N-dealkylation sites (tertiary alicyclic amines) is 1. The van der Waals surface area contributed by atoms with Gasteiger partial charge in [-0.15, -0.1) is 12.4 Å². The average Bonchev–Trinajstić information content (AvgIpc) is 2.50. The number of nitrogens with zero attached hydrogens (tertiary/aromatic N) is 1. The maximum Gasteiger partial charge on any atom is 0.226 e. The van der Waals surface area contributed by atoms with Crippen LogP contribution in [-0.4, -0.2) is 43.7 Å². The van der Waals surface area contributed by atoms with Crippen LogP contribution in [-0.2, 0) is 4.79 Å². The van der Waals surface area contributed by atoms with Crippen LogP contribution in [0, 0.1) is 5.41 Å². The van der Waals surface area contributed by atoms with Gasteiger partial charge in [-0.3, -0.25) is 4.79 Å². The summed E-state index contributed by atoms with van der Waals surface area (Å²) in [6, 6.07) is 7.52. The first-order valence-corrected chi connectivity index (χ1v) is 7.72. The Morgan fingerprint density at radius 2 is 1.91 bits per heavy atom. The SMILES string of the molecule is COc1ccc(OCCC(=O)N2CCC(N)C(C)(C)C2)cc1.Cl. The number of ether oxygens (including phenoxy) is 2. The molecule has 130 valence electrons.